The second-order valence-corrected chi connectivity index (χ2v) is 6.95. The normalized spacial score (nSPS) is 10.6. The number of carbonyl (C=O) groups excluding carboxylic acids is 2. The second kappa shape index (κ2) is 8.73. The Morgan fingerprint density at radius 2 is 1.62 bits per heavy atom. The van der Waals surface area contributed by atoms with E-state index < -0.39 is 11.7 Å². The summed E-state index contributed by atoms with van der Waals surface area (Å²) < 4.78 is 7.45. The van der Waals surface area contributed by atoms with E-state index in [1.165, 1.54) is 0 Å². The van der Waals surface area contributed by atoms with Crippen LogP contribution in [0.2, 0.25) is 0 Å². The summed E-state index contributed by atoms with van der Waals surface area (Å²) in [4.78, 5) is 25.1. The molecule has 1 aromatic heterocycles. The first kappa shape index (κ1) is 20.3. The number of aromatic nitrogens is 2. The lowest BCUT2D eigenvalue weighted by molar-refractivity contribution is -0.117. The zero-order chi connectivity index (χ0) is 21.0. The first-order valence-electron chi connectivity index (χ1n) is 9.53. The molecule has 0 unspecified atom stereocenters. The van der Waals surface area contributed by atoms with Gasteiger partial charge in [-0.2, -0.15) is 5.10 Å². The summed E-state index contributed by atoms with van der Waals surface area (Å²) in [6, 6.07) is 15.4. The molecular formula is C23H25N3O3. The summed E-state index contributed by atoms with van der Waals surface area (Å²) in [6.45, 7) is 7.99. The zero-order valence-electron chi connectivity index (χ0n) is 17.2. The van der Waals surface area contributed by atoms with Crippen LogP contribution in [0, 0.1) is 27.7 Å². The van der Waals surface area contributed by atoms with Crippen LogP contribution >= 0.6 is 0 Å². The van der Waals surface area contributed by atoms with E-state index in [1.807, 2.05) is 62.4 Å². The van der Waals surface area contributed by atoms with Gasteiger partial charge in [0.05, 0.1) is 29.2 Å². The number of Topliss-reactive ketones (excluding diaryl/α,β-unsaturated/α-hetero) is 1. The van der Waals surface area contributed by atoms with E-state index in [-0.39, 0.29) is 13.2 Å². The Labute approximate surface area is 170 Å². The van der Waals surface area contributed by atoms with E-state index in [0.29, 0.717) is 17.0 Å². The van der Waals surface area contributed by atoms with E-state index >= 15 is 0 Å². The maximum atomic E-state index is 12.7. The molecule has 3 aromatic rings. The lowest BCUT2D eigenvalue weighted by atomic mass is 10.1. The van der Waals surface area contributed by atoms with Crippen LogP contribution in [0.25, 0.3) is 5.69 Å². The number of rotatable bonds is 7. The minimum absolute atomic E-state index is 0.239. The number of nitrogens with one attached hydrogen (secondary N) is 1. The largest absolute Gasteiger partial charge is 0.491 e. The van der Waals surface area contributed by atoms with Crippen molar-refractivity contribution in [2.24, 2.45) is 0 Å². The molecule has 0 aliphatic heterocycles. The first-order chi connectivity index (χ1) is 13.9. The second-order valence-electron chi connectivity index (χ2n) is 6.95. The average molecular weight is 391 g/mol. The molecular weight excluding hydrogens is 366 g/mol. The molecule has 0 saturated heterocycles. The number of carbonyl (C=O) groups is 2. The Hall–Kier alpha value is -3.41. The highest BCUT2D eigenvalue weighted by atomic mass is 16.5. The fourth-order valence-electron chi connectivity index (χ4n) is 3.33. The van der Waals surface area contributed by atoms with Gasteiger partial charge in [0.25, 0.3) is 11.7 Å². The van der Waals surface area contributed by atoms with Crippen LogP contribution in [-0.4, -0.2) is 34.6 Å². The summed E-state index contributed by atoms with van der Waals surface area (Å²) in [5, 5.41) is 7.07. The Balaban J connectivity index is 1.64. The summed E-state index contributed by atoms with van der Waals surface area (Å²) in [5.74, 6) is -0.438. The van der Waals surface area contributed by atoms with Gasteiger partial charge in [-0.1, -0.05) is 36.4 Å². The molecule has 0 radical (unpaired) electrons. The summed E-state index contributed by atoms with van der Waals surface area (Å²) in [5.41, 5.74) is 4.41. The fraction of sp³-hybridized carbons (Fsp3) is 0.261. The SMILES string of the molecule is Cc1cccc(C)c1OCCNC(=O)C(=O)c1c(C)nn(-c2ccccc2)c1C. The van der Waals surface area contributed by atoms with Crippen LogP contribution in [-0.2, 0) is 4.79 Å². The summed E-state index contributed by atoms with van der Waals surface area (Å²) in [6.07, 6.45) is 0. The van der Waals surface area contributed by atoms with Crippen molar-refractivity contribution in [1.82, 2.24) is 15.1 Å². The van der Waals surface area contributed by atoms with E-state index in [0.717, 1.165) is 22.6 Å². The van der Waals surface area contributed by atoms with Crippen molar-refractivity contribution >= 4 is 11.7 Å². The number of ether oxygens (including phenoxy) is 1. The van der Waals surface area contributed by atoms with Crippen LogP contribution in [0.5, 0.6) is 5.75 Å². The van der Waals surface area contributed by atoms with E-state index in [4.69, 9.17) is 4.74 Å². The predicted octanol–water partition coefficient (Wildman–Crippen LogP) is 3.48. The van der Waals surface area contributed by atoms with Gasteiger partial charge in [-0.05, 0) is 51.0 Å². The van der Waals surface area contributed by atoms with Crippen LogP contribution in [0.1, 0.15) is 32.9 Å². The van der Waals surface area contributed by atoms with Crippen LogP contribution < -0.4 is 10.1 Å². The Morgan fingerprint density at radius 3 is 2.28 bits per heavy atom. The molecule has 3 rings (SSSR count). The van der Waals surface area contributed by atoms with Gasteiger partial charge in [0.2, 0.25) is 0 Å². The van der Waals surface area contributed by atoms with Crippen molar-refractivity contribution in [1.29, 1.82) is 0 Å². The molecule has 1 heterocycles. The van der Waals surface area contributed by atoms with Gasteiger partial charge in [0.15, 0.2) is 0 Å². The minimum Gasteiger partial charge on any atom is -0.491 e. The minimum atomic E-state index is -0.658. The molecule has 0 aliphatic rings. The number of ketones is 1. The Morgan fingerprint density at radius 1 is 0.966 bits per heavy atom. The standard InChI is InChI=1S/C23H25N3O3/c1-15-9-8-10-16(2)22(15)29-14-13-24-23(28)21(27)20-17(3)25-26(18(20)4)19-11-6-5-7-12-19/h5-12H,13-14H2,1-4H3,(H,24,28). The molecule has 6 heteroatoms. The highest BCUT2D eigenvalue weighted by molar-refractivity contribution is 6.43. The van der Waals surface area contributed by atoms with Crippen LogP contribution in [0.3, 0.4) is 0 Å². The van der Waals surface area contributed by atoms with Gasteiger partial charge in [-0.3, -0.25) is 9.59 Å². The number of para-hydroxylation sites is 2. The molecule has 0 fully saturated rings. The number of benzene rings is 2. The van der Waals surface area contributed by atoms with Crippen molar-refractivity contribution in [3.8, 4) is 11.4 Å². The van der Waals surface area contributed by atoms with Crippen molar-refractivity contribution in [2.75, 3.05) is 13.2 Å². The van der Waals surface area contributed by atoms with Gasteiger partial charge < -0.3 is 10.1 Å². The number of hydrogen-bond donors (Lipinski definition) is 1. The lowest BCUT2D eigenvalue weighted by Gasteiger charge is -2.12. The van der Waals surface area contributed by atoms with Gasteiger partial charge in [-0.25, -0.2) is 4.68 Å². The quantitative estimate of drug-likeness (QED) is 0.380. The number of aryl methyl sites for hydroxylation is 3. The maximum absolute atomic E-state index is 12.7. The molecule has 150 valence electrons. The number of hydrogen-bond acceptors (Lipinski definition) is 4. The first-order valence-corrected chi connectivity index (χ1v) is 9.53. The number of amides is 1. The Bertz CT molecular complexity index is 1020. The average Bonchev–Trinajstić information content (AvgIpc) is 3.01. The lowest BCUT2D eigenvalue weighted by Crippen LogP contribution is -2.34. The monoisotopic (exact) mass is 391 g/mol. The molecule has 0 saturated carbocycles. The Kier molecular flexibility index (Phi) is 6.12. The van der Waals surface area contributed by atoms with E-state index in [9.17, 15) is 9.59 Å². The smallest absolute Gasteiger partial charge is 0.292 e. The topological polar surface area (TPSA) is 73.2 Å². The molecule has 2 aromatic carbocycles. The summed E-state index contributed by atoms with van der Waals surface area (Å²) in [7, 11) is 0. The van der Waals surface area contributed by atoms with E-state index in [2.05, 4.69) is 10.4 Å². The molecule has 0 aliphatic carbocycles. The van der Waals surface area contributed by atoms with Crippen molar-refractivity contribution in [2.45, 2.75) is 27.7 Å². The summed E-state index contributed by atoms with van der Waals surface area (Å²) >= 11 is 0. The van der Waals surface area contributed by atoms with Gasteiger partial charge in [0, 0.05) is 0 Å². The van der Waals surface area contributed by atoms with Crippen LogP contribution in [0.4, 0.5) is 0 Å². The number of nitrogens with zero attached hydrogens (tertiary/aromatic N) is 2. The van der Waals surface area contributed by atoms with E-state index in [1.54, 1.807) is 18.5 Å². The van der Waals surface area contributed by atoms with Gasteiger partial charge in [0.1, 0.15) is 12.4 Å². The molecule has 0 atom stereocenters. The highest BCUT2D eigenvalue weighted by Gasteiger charge is 2.24. The molecule has 29 heavy (non-hydrogen) atoms. The molecule has 6 nitrogen and oxygen atoms in total. The molecule has 1 amide bonds. The molecule has 1 N–H and O–H groups in total. The van der Waals surface area contributed by atoms with Crippen molar-refractivity contribution in [3.63, 3.8) is 0 Å². The fourth-order valence-corrected chi connectivity index (χ4v) is 3.33. The maximum Gasteiger partial charge on any atom is 0.292 e. The predicted molar refractivity (Wildman–Crippen MR) is 112 cm³/mol. The van der Waals surface area contributed by atoms with Gasteiger partial charge in [-0.15, -0.1) is 0 Å². The third-order valence-electron chi connectivity index (χ3n) is 4.77. The molecule has 0 spiro atoms. The third-order valence-corrected chi connectivity index (χ3v) is 4.77. The van der Waals surface area contributed by atoms with Crippen molar-refractivity contribution in [3.05, 3.63) is 76.6 Å². The highest BCUT2D eigenvalue weighted by Crippen LogP contribution is 2.22. The van der Waals surface area contributed by atoms with Gasteiger partial charge >= 0.3 is 0 Å². The third kappa shape index (κ3) is 4.37. The molecule has 0 bridgehead atoms. The zero-order valence-corrected chi connectivity index (χ0v) is 17.2. The van der Waals surface area contributed by atoms with Crippen molar-refractivity contribution < 1.29 is 14.3 Å². The van der Waals surface area contributed by atoms with Crippen LogP contribution in [0.15, 0.2) is 48.5 Å².